The second-order valence-electron chi connectivity index (χ2n) is 4.47. The van der Waals surface area contributed by atoms with Gasteiger partial charge in [0, 0.05) is 11.4 Å². The summed E-state index contributed by atoms with van der Waals surface area (Å²) in [6.07, 6.45) is 0.577. The summed E-state index contributed by atoms with van der Waals surface area (Å²) in [5, 5.41) is 5.33. The van der Waals surface area contributed by atoms with Crippen LogP contribution < -0.4 is 10.6 Å². The van der Waals surface area contributed by atoms with E-state index in [0.717, 1.165) is 0 Å². The van der Waals surface area contributed by atoms with Crippen LogP contribution in [0.5, 0.6) is 0 Å². The molecule has 22 heavy (non-hydrogen) atoms. The number of hydrogen-bond acceptors (Lipinski definition) is 6. The Bertz CT molecular complexity index is 464. The van der Waals surface area contributed by atoms with E-state index in [0.29, 0.717) is 30.1 Å². The molecule has 1 rings (SSSR count). The first-order chi connectivity index (χ1) is 10.5. The molecule has 0 fully saturated rings. The van der Waals surface area contributed by atoms with Crippen molar-refractivity contribution in [3.63, 3.8) is 0 Å². The summed E-state index contributed by atoms with van der Waals surface area (Å²) in [5.74, 6) is -0.281. The second-order valence-corrected chi connectivity index (χ2v) is 5.46. The maximum atomic E-state index is 12.1. The van der Waals surface area contributed by atoms with Crippen LogP contribution in [0.4, 0.5) is 4.79 Å². The molecule has 1 aliphatic rings. The summed E-state index contributed by atoms with van der Waals surface area (Å²) >= 11 is 1.28. The van der Waals surface area contributed by atoms with Crippen LogP contribution in [0.1, 0.15) is 27.2 Å². The van der Waals surface area contributed by atoms with Crippen molar-refractivity contribution < 1.29 is 23.9 Å². The summed E-state index contributed by atoms with van der Waals surface area (Å²) in [6, 6.07) is -0.738. The molecule has 0 aromatic heterocycles. The van der Waals surface area contributed by atoms with Gasteiger partial charge >= 0.3 is 18.0 Å². The van der Waals surface area contributed by atoms with Gasteiger partial charge in [-0.15, -0.1) is 11.8 Å². The zero-order valence-corrected chi connectivity index (χ0v) is 13.9. The first-order valence-electron chi connectivity index (χ1n) is 7.24. The number of rotatable bonds is 8. The largest absolute Gasteiger partial charge is 0.465 e. The van der Waals surface area contributed by atoms with E-state index < -0.39 is 5.97 Å². The van der Waals surface area contributed by atoms with Crippen molar-refractivity contribution in [3.05, 3.63) is 11.3 Å². The number of carbonyl (C=O) groups excluding carboxylic acids is 3. The number of thioether (sulfide) groups is 1. The van der Waals surface area contributed by atoms with E-state index in [1.54, 1.807) is 13.8 Å². The Hall–Kier alpha value is -1.70. The van der Waals surface area contributed by atoms with Crippen molar-refractivity contribution >= 4 is 29.7 Å². The smallest absolute Gasteiger partial charge is 0.337 e. The molecule has 0 aliphatic carbocycles. The van der Waals surface area contributed by atoms with Crippen LogP contribution in [0.3, 0.4) is 0 Å². The van der Waals surface area contributed by atoms with E-state index in [1.165, 1.54) is 11.8 Å². The Balaban J connectivity index is 2.83. The minimum atomic E-state index is -0.450. The highest BCUT2D eigenvalue weighted by atomic mass is 32.2. The van der Waals surface area contributed by atoms with E-state index in [2.05, 4.69) is 10.6 Å². The lowest BCUT2D eigenvalue weighted by molar-refractivity contribution is -0.140. The summed E-state index contributed by atoms with van der Waals surface area (Å²) in [6.45, 7) is 5.93. The number of hydrogen-bond donors (Lipinski definition) is 2. The topological polar surface area (TPSA) is 93.7 Å². The molecule has 0 radical (unpaired) electrons. The highest BCUT2D eigenvalue weighted by molar-refractivity contribution is 8.00. The van der Waals surface area contributed by atoms with Crippen LogP contribution in [-0.2, 0) is 19.1 Å². The van der Waals surface area contributed by atoms with Gasteiger partial charge in [-0.2, -0.15) is 0 Å². The lowest BCUT2D eigenvalue weighted by atomic mass is 10.0. The molecule has 1 atom stereocenters. The van der Waals surface area contributed by atoms with Gasteiger partial charge in [0.15, 0.2) is 0 Å². The first kappa shape index (κ1) is 18.3. The van der Waals surface area contributed by atoms with E-state index in [1.807, 2.05) is 6.92 Å². The number of esters is 2. The van der Waals surface area contributed by atoms with Crippen LogP contribution in [0.2, 0.25) is 0 Å². The third-order valence-corrected chi connectivity index (χ3v) is 3.85. The van der Waals surface area contributed by atoms with E-state index >= 15 is 0 Å². The van der Waals surface area contributed by atoms with Crippen molar-refractivity contribution in [2.24, 2.45) is 0 Å². The summed E-state index contributed by atoms with van der Waals surface area (Å²) in [5.41, 5.74) is 0.906. The molecule has 8 heteroatoms. The van der Waals surface area contributed by atoms with Crippen LogP contribution in [-0.4, -0.2) is 48.7 Å². The fourth-order valence-corrected chi connectivity index (χ4v) is 2.80. The van der Waals surface area contributed by atoms with Crippen LogP contribution in [0.15, 0.2) is 11.3 Å². The lowest BCUT2D eigenvalue weighted by Crippen LogP contribution is -2.50. The molecule has 7 nitrogen and oxygen atoms in total. The molecule has 0 saturated carbocycles. The van der Waals surface area contributed by atoms with E-state index in [-0.39, 0.29) is 30.4 Å². The van der Waals surface area contributed by atoms with Gasteiger partial charge in [0.05, 0.1) is 30.6 Å². The number of amides is 2. The molecule has 124 valence electrons. The van der Waals surface area contributed by atoms with Gasteiger partial charge < -0.3 is 20.1 Å². The Kier molecular flexibility index (Phi) is 7.79. The van der Waals surface area contributed by atoms with E-state index in [9.17, 15) is 14.4 Å². The predicted molar refractivity (Wildman–Crippen MR) is 83.4 cm³/mol. The normalized spacial score (nSPS) is 17.6. The summed E-state index contributed by atoms with van der Waals surface area (Å²) in [4.78, 5) is 35.1. The third kappa shape index (κ3) is 5.25. The molecule has 0 bridgehead atoms. The standard InChI is InChI=1S/C14H22N2O5S/c1-4-9-12(13(18)21-6-3)10(16-14(19)15-9)7-22-8-11(17)20-5-2/h9H,4-8H2,1-3H3,(H2,15,16,19). The molecule has 1 unspecified atom stereocenters. The second kappa shape index (κ2) is 9.34. The molecule has 1 heterocycles. The summed E-state index contributed by atoms with van der Waals surface area (Å²) in [7, 11) is 0. The maximum absolute atomic E-state index is 12.1. The fourth-order valence-electron chi connectivity index (χ4n) is 2.01. The molecular formula is C14H22N2O5S. The molecule has 0 aromatic rings. The SMILES string of the molecule is CCOC(=O)CSCC1=C(C(=O)OCC)C(CC)NC(=O)N1. The molecule has 2 amide bonds. The van der Waals surface area contributed by atoms with Crippen LogP contribution in [0.25, 0.3) is 0 Å². The number of nitrogens with one attached hydrogen (secondary N) is 2. The van der Waals surface area contributed by atoms with Gasteiger partial charge in [0.1, 0.15) is 0 Å². The van der Waals surface area contributed by atoms with E-state index in [4.69, 9.17) is 9.47 Å². The van der Waals surface area contributed by atoms with Gasteiger partial charge in [0.25, 0.3) is 0 Å². The Morgan fingerprint density at radius 1 is 1.18 bits per heavy atom. The quantitative estimate of drug-likeness (QED) is 0.649. The zero-order valence-electron chi connectivity index (χ0n) is 13.1. The molecule has 0 aromatic carbocycles. The third-order valence-electron chi connectivity index (χ3n) is 2.92. The molecular weight excluding hydrogens is 308 g/mol. The molecule has 0 spiro atoms. The van der Waals surface area contributed by atoms with Gasteiger partial charge in [-0.1, -0.05) is 6.92 Å². The predicted octanol–water partition coefficient (Wildman–Crippen LogP) is 1.19. The van der Waals surface area contributed by atoms with Crippen molar-refractivity contribution in [1.82, 2.24) is 10.6 Å². The highest BCUT2D eigenvalue weighted by Gasteiger charge is 2.31. The van der Waals surface area contributed by atoms with Gasteiger partial charge in [-0.25, -0.2) is 9.59 Å². The minimum absolute atomic E-state index is 0.160. The molecule has 1 aliphatic heterocycles. The number of carbonyl (C=O) groups is 3. The van der Waals surface area contributed by atoms with Crippen molar-refractivity contribution in [3.8, 4) is 0 Å². The Labute approximate surface area is 134 Å². The van der Waals surface area contributed by atoms with Gasteiger partial charge in [-0.3, -0.25) is 4.79 Å². The lowest BCUT2D eigenvalue weighted by Gasteiger charge is -2.28. The average molecular weight is 330 g/mol. The van der Waals surface area contributed by atoms with Gasteiger partial charge in [0.2, 0.25) is 0 Å². The molecule has 0 saturated heterocycles. The van der Waals surface area contributed by atoms with Gasteiger partial charge in [-0.05, 0) is 20.3 Å². The average Bonchev–Trinajstić information content (AvgIpc) is 2.47. The Morgan fingerprint density at radius 3 is 2.45 bits per heavy atom. The highest BCUT2D eigenvalue weighted by Crippen LogP contribution is 2.20. The Morgan fingerprint density at radius 2 is 1.86 bits per heavy atom. The van der Waals surface area contributed by atoms with Crippen molar-refractivity contribution in [1.29, 1.82) is 0 Å². The minimum Gasteiger partial charge on any atom is -0.465 e. The summed E-state index contributed by atoms with van der Waals surface area (Å²) < 4.78 is 9.90. The number of urea groups is 1. The van der Waals surface area contributed by atoms with Crippen molar-refractivity contribution in [2.45, 2.75) is 33.2 Å². The maximum Gasteiger partial charge on any atom is 0.337 e. The molecule has 2 N–H and O–H groups in total. The zero-order chi connectivity index (χ0) is 16.5. The first-order valence-corrected chi connectivity index (χ1v) is 8.39. The fraction of sp³-hybridized carbons (Fsp3) is 0.643. The van der Waals surface area contributed by atoms with Crippen LogP contribution >= 0.6 is 11.8 Å². The van der Waals surface area contributed by atoms with Crippen LogP contribution in [0, 0.1) is 0 Å². The number of ether oxygens (including phenoxy) is 2. The monoisotopic (exact) mass is 330 g/mol. The van der Waals surface area contributed by atoms with Crippen molar-refractivity contribution in [2.75, 3.05) is 24.7 Å².